The molecular weight excluding hydrogens is 805 g/mol. The van der Waals surface area contributed by atoms with E-state index in [2.05, 4.69) is 221 Å². The van der Waals surface area contributed by atoms with Gasteiger partial charge in [-0.25, -0.2) is 0 Å². The molecule has 0 amide bonds. The minimum absolute atomic E-state index is 0.0293. The number of thiophene rings is 1. The highest BCUT2D eigenvalue weighted by Crippen LogP contribution is 2.55. The van der Waals surface area contributed by atoms with Gasteiger partial charge >= 0.3 is 0 Å². The maximum absolute atomic E-state index is 2.60. The van der Waals surface area contributed by atoms with E-state index >= 15 is 0 Å². The first-order valence-corrected chi connectivity index (χ1v) is 24.4. The molecule has 0 radical (unpaired) electrons. The Morgan fingerprint density at radius 1 is 0.446 bits per heavy atom. The summed E-state index contributed by atoms with van der Waals surface area (Å²) in [4.78, 5) is 5.20. The summed E-state index contributed by atoms with van der Waals surface area (Å²) in [5.41, 5.74) is 21.3. The highest BCUT2D eigenvalue weighted by molar-refractivity contribution is 7.14. The van der Waals surface area contributed by atoms with E-state index in [0.717, 1.165) is 18.5 Å². The lowest BCUT2D eigenvalue weighted by Gasteiger charge is -2.33. The van der Waals surface area contributed by atoms with Crippen molar-refractivity contribution in [3.05, 3.63) is 202 Å². The van der Waals surface area contributed by atoms with E-state index in [1.807, 2.05) is 11.3 Å². The first-order valence-electron chi connectivity index (χ1n) is 23.5. The largest absolute Gasteiger partial charge is 0.309 e. The molecular formula is C62H54N2S. The van der Waals surface area contributed by atoms with E-state index in [4.69, 9.17) is 0 Å². The zero-order valence-electron chi connectivity index (χ0n) is 38.5. The molecule has 0 saturated carbocycles. The fourth-order valence-electron chi connectivity index (χ4n) is 11.6. The van der Waals surface area contributed by atoms with Crippen molar-refractivity contribution in [1.29, 1.82) is 0 Å². The average Bonchev–Trinajstić information content (AvgIpc) is 4.07. The third-order valence-corrected chi connectivity index (χ3v) is 15.3. The molecule has 2 aliphatic rings. The van der Waals surface area contributed by atoms with Gasteiger partial charge in [-0.05, 0) is 142 Å². The topological polar surface area (TPSA) is 6.48 Å². The van der Waals surface area contributed by atoms with E-state index in [1.165, 1.54) is 121 Å². The van der Waals surface area contributed by atoms with Gasteiger partial charge in [0.25, 0.3) is 0 Å². The molecule has 65 heavy (non-hydrogen) atoms. The predicted molar refractivity (Wildman–Crippen MR) is 281 cm³/mol. The van der Waals surface area contributed by atoms with Crippen LogP contribution in [0.3, 0.4) is 0 Å². The number of hydrogen-bond acceptors (Lipinski definition) is 3. The third kappa shape index (κ3) is 6.12. The van der Waals surface area contributed by atoms with Crippen molar-refractivity contribution >= 4 is 77.1 Å². The van der Waals surface area contributed by atoms with Gasteiger partial charge in [0.05, 0.1) is 27.8 Å². The molecule has 0 saturated heterocycles. The summed E-state index contributed by atoms with van der Waals surface area (Å²) in [6.07, 6.45) is 1.80. The molecule has 0 N–H and O–H groups in total. The number of nitrogens with zero attached hydrogens (tertiary/aromatic N) is 2. The van der Waals surface area contributed by atoms with Gasteiger partial charge in [0.2, 0.25) is 0 Å². The van der Waals surface area contributed by atoms with Crippen LogP contribution in [-0.2, 0) is 18.3 Å². The Bertz CT molecular complexity index is 3450. The first kappa shape index (κ1) is 39.9. The molecule has 10 aromatic rings. The van der Waals surface area contributed by atoms with Crippen molar-refractivity contribution in [3.63, 3.8) is 0 Å². The second kappa shape index (κ2) is 14.9. The Morgan fingerprint density at radius 3 is 1.63 bits per heavy atom. The van der Waals surface area contributed by atoms with Gasteiger partial charge in [0.1, 0.15) is 0 Å². The van der Waals surface area contributed by atoms with Crippen LogP contribution < -0.4 is 9.80 Å². The summed E-state index contributed by atoms with van der Waals surface area (Å²) in [6.45, 7) is 16.5. The van der Waals surface area contributed by atoms with E-state index in [9.17, 15) is 0 Å². The highest BCUT2D eigenvalue weighted by Gasteiger charge is 2.33. The molecule has 0 fully saturated rings. The van der Waals surface area contributed by atoms with Gasteiger partial charge in [-0.2, -0.15) is 0 Å². The van der Waals surface area contributed by atoms with Crippen molar-refractivity contribution in [2.24, 2.45) is 0 Å². The number of fused-ring (bicyclic) bond motifs is 6. The number of hydrogen-bond donors (Lipinski definition) is 0. The monoisotopic (exact) mass is 858 g/mol. The fraction of sp³-hybridized carbons (Fsp3) is 0.194. The number of anilines is 6. The average molecular weight is 859 g/mol. The molecule has 12 rings (SSSR count). The summed E-state index contributed by atoms with van der Waals surface area (Å²) >= 11 is 1.81. The van der Waals surface area contributed by atoms with E-state index in [0.29, 0.717) is 11.8 Å². The lowest BCUT2D eigenvalue weighted by atomic mass is 9.82. The summed E-state index contributed by atoms with van der Waals surface area (Å²) in [6, 6.07) is 60.3. The van der Waals surface area contributed by atoms with Crippen molar-refractivity contribution in [3.8, 4) is 22.3 Å². The molecule has 0 spiro atoms. The smallest absolute Gasteiger partial charge is 0.0999 e. The Balaban J connectivity index is 1.21. The SMILES string of the molecule is CC(C)c1cc(C(C)C)c2ccc3c(N(c4cccs4)c4cccc5c4Cc4ccccc4-5)cc(N(c4ccccc4)c4cccc5c4Cc4c-5cccc4C(C)(C)C)c4ccc1c2c43. The van der Waals surface area contributed by atoms with Crippen LogP contribution in [0, 0.1) is 0 Å². The number of rotatable bonds is 8. The molecule has 1 heterocycles. The maximum Gasteiger partial charge on any atom is 0.0999 e. The zero-order valence-corrected chi connectivity index (χ0v) is 39.3. The first-order chi connectivity index (χ1) is 31.6. The van der Waals surface area contributed by atoms with Crippen molar-refractivity contribution in [1.82, 2.24) is 0 Å². The van der Waals surface area contributed by atoms with Crippen LogP contribution in [0.25, 0.3) is 54.6 Å². The Labute approximate surface area is 387 Å². The lowest BCUT2D eigenvalue weighted by Crippen LogP contribution is -2.16. The van der Waals surface area contributed by atoms with Crippen LogP contribution in [0.4, 0.5) is 33.4 Å². The Morgan fingerprint density at radius 2 is 0.985 bits per heavy atom. The fourth-order valence-corrected chi connectivity index (χ4v) is 12.3. The second-order valence-electron chi connectivity index (χ2n) is 20.0. The Hall–Kier alpha value is -6.68. The van der Waals surface area contributed by atoms with Gasteiger partial charge < -0.3 is 9.80 Å². The third-order valence-electron chi connectivity index (χ3n) is 14.5. The summed E-state index contributed by atoms with van der Waals surface area (Å²) < 4.78 is 0. The lowest BCUT2D eigenvalue weighted by molar-refractivity contribution is 0.585. The van der Waals surface area contributed by atoms with E-state index in [1.54, 1.807) is 0 Å². The quantitative estimate of drug-likeness (QED) is 0.141. The molecule has 0 atom stereocenters. The molecule has 2 aliphatic carbocycles. The Kier molecular flexibility index (Phi) is 9.16. The molecule has 0 unspecified atom stereocenters. The van der Waals surface area contributed by atoms with Crippen LogP contribution in [0.1, 0.15) is 99.2 Å². The molecule has 0 aliphatic heterocycles. The molecule has 2 nitrogen and oxygen atoms in total. The van der Waals surface area contributed by atoms with Gasteiger partial charge in [-0.1, -0.05) is 164 Å². The normalized spacial score (nSPS) is 13.0. The van der Waals surface area contributed by atoms with Gasteiger partial charge in [0, 0.05) is 34.7 Å². The van der Waals surface area contributed by atoms with E-state index < -0.39 is 0 Å². The second-order valence-corrected chi connectivity index (χ2v) is 20.9. The van der Waals surface area contributed by atoms with Gasteiger partial charge in [0.15, 0.2) is 0 Å². The number of para-hydroxylation sites is 1. The predicted octanol–water partition coefficient (Wildman–Crippen LogP) is 18.3. The van der Waals surface area contributed by atoms with Crippen LogP contribution in [-0.4, -0.2) is 0 Å². The van der Waals surface area contributed by atoms with Gasteiger partial charge in [-0.3, -0.25) is 0 Å². The standard InChI is InChI=1S/C62H54N2S/c1-37(2)49-34-50(38(3)4)46-29-31-48-58(64(59-27-16-32-65-59)56-26-14-22-42-41-20-12-11-17-39(41)33-52(42)56)36-57(47-30-28-45(49)60(46)61(47)48)63(40-18-9-8-10-19-40)55-25-15-23-44-43-21-13-24-54(62(5,6)7)51(43)35-53(44)55/h8-32,34,36-38H,33,35H2,1-7H3. The van der Waals surface area contributed by atoms with Crippen LogP contribution >= 0.6 is 11.3 Å². The van der Waals surface area contributed by atoms with Crippen molar-refractivity contribution in [2.75, 3.05) is 9.80 Å². The van der Waals surface area contributed by atoms with Gasteiger partial charge in [-0.15, -0.1) is 11.3 Å². The number of benzene rings is 9. The van der Waals surface area contributed by atoms with Crippen LogP contribution in [0.2, 0.25) is 0 Å². The summed E-state index contributed by atoms with van der Waals surface area (Å²) in [5, 5.41) is 11.4. The molecule has 9 aromatic carbocycles. The van der Waals surface area contributed by atoms with Crippen molar-refractivity contribution in [2.45, 2.75) is 78.6 Å². The molecule has 0 bridgehead atoms. The molecule has 3 heteroatoms. The maximum atomic E-state index is 2.60. The highest BCUT2D eigenvalue weighted by atomic mass is 32.1. The zero-order chi connectivity index (χ0) is 44.3. The molecule has 1 aromatic heterocycles. The molecule has 318 valence electrons. The van der Waals surface area contributed by atoms with Crippen LogP contribution in [0.15, 0.2) is 163 Å². The minimum Gasteiger partial charge on any atom is -0.309 e. The van der Waals surface area contributed by atoms with Crippen molar-refractivity contribution < 1.29 is 0 Å². The van der Waals surface area contributed by atoms with Crippen LogP contribution in [0.5, 0.6) is 0 Å². The summed E-state index contributed by atoms with van der Waals surface area (Å²) in [5.74, 6) is 0.749. The minimum atomic E-state index is 0.0293. The summed E-state index contributed by atoms with van der Waals surface area (Å²) in [7, 11) is 0. The van der Waals surface area contributed by atoms with E-state index in [-0.39, 0.29) is 5.41 Å².